The Kier molecular flexibility index (Phi) is 3.62. The Labute approximate surface area is 104 Å². The van der Waals surface area contributed by atoms with Crippen molar-refractivity contribution in [2.45, 2.75) is 6.42 Å². The van der Waals surface area contributed by atoms with Gasteiger partial charge in [-0.15, -0.1) is 0 Å². The number of nitrogen functional groups attached to an aromatic ring is 1. The molecule has 1 amide bonds. The normalized spacial score (nSPS) is 10.3. The van der Waals surface area contributed by atoms with Crippen LogP contribution < -0.4 is 11.1 Å². The molecule has 1 heterocycles. The zero-order valence-electron chi connectivity index (χ0n) is 9.65. The van der Waals surface area contributed by atoms with Crippen LogP contribution in [0.15, 0.2) is 41.0 Å². The molecular formula is C13H13FN2O2. The summed E-state index contributed by atoms with van der Waals surface area (Å²) < 4.78 is 18.1. The molecule has 0 unspecified atom stereocenters. The van der Waals surface area contributed by atoms with Crippen LogP contribution in [0, 0.1) is 5.82 Å². The number of amides is 1. The Hall–Kier alpha value is -2.30. The lowest BCUT2D eigenvalue weighted by molar-refractivity contribution is 0.0954. The number of anilines is 1. The van der Waals surface area contributed by atoms with Gasteiger partial charge in [-0.25, -0.2) is 4.39 Å². The van der Waals surface area contributed by atoms with Crippen molar-refractivity contribution in [3.05, 3.63) is 53.7 Å². The number of carbonyl (C=O) groups is 1. The van der Waals surface area contributed by atoms with Gasteiger partial charge in [0.25, 0.3) is 5.91 Å². The zero-order valence-corrected chi connectivity index (χ0v) is 9.65. The van der Waals surface area contributed by atoms with Crippen LogP contribution in [0.2, 0.25) is 0 Å². The van der Waals surface area contributed by atoms with Gasteiger partial charge in [0, 0.05) is 18.7 Å². The SMILES string of the molecule is Nc1ccc(F)cc1C(=O)NCCc1ccco1. The molecule has 0 aliphatic carbocycles. The van der Waals surface area contributed by atoms with Crippen LogP contribution in [-0.2, 0) is 6.42 Å². The number of carbonyl (C=O) groups excluding carboxylic acids is 1. The van der Waals surface area contributed by atoms with E-state index in [1.54, 1.807) is 12.3 Å². The summed E-state index contributed by atoms with van der Waals surface area (Å²) in [6.07, 6.45) is 2.15. The van der Waals surface area contributed by atoms with Gasteiger partial charge in [0.1, 0.15) is 11.6 Å². The molecule has 3 N–H and O–H groups in total. The first-order valence-corrected chi connectivity index (χ1v) is 5.52. The van der Waals surface area contributed by atoms with E-state index in [-0.39, 0.29) is 11.3 Å². The third kappa shape index (κ3) is 2.88. The summed E-state index contributed by atoms with van der Waals surface area (Å²) in [7, 11) is 0. The molecule has 18 heavy (non-hydrogen) atoms. The largest absolute Gasteiger partial charge is 0.469 e. The first-order chi connectivity index (χ1) is 8.66. The van der Waals surface area contributed by atoms with Gasteiger partial charge in [0.05, 0.1) is 11.8 Å². The molecule has 2 rings (SSSR count). The van der Waals surface area contributed by atoms with Gasteiger partial charge >= 0.3 is 0 Å². The number of halogens is 1. The summed E-state index contributed by atoms with van der Waals surface area (Å²) in [6.45, 7) is 0.405. The van der Waals surface area contributed by atoms with Crippen LogP contribution in [0.25, 0.3) is 0 Å². The Bertz CT molecular complexity index is 538. The first-order valence-electron chi connectivity index (χ1n) is 5.52. The Balaban J connectivity index is 1.93. The van der Waals surface area contributed by atoms with E-state index in [2.05, 4.69) is 5.32 Å². The molecule has 1 aromatic carbocycles. The zero-order chi connectivity index (χ0) is 13.0. The highest BCUT2D eigenvalue weighted by Gasteiger charge is 2.10. The highest BCUT2D eigenvalue weighted by molar-refractivity contribution is 5.99. The van der Waals surface area contributed by atoms with Gasteiger partial charge < -0.3 is 15.5 Å². The number of benzene rings is 1. The molecule has 0 aliphatic rings. The van der Waals surface area contributed by atoms with E-state index in [0.29, 0.717) is 13.0 Å². The average molecular weight is 248 g/mol. The van der Waals surface area contributed by atoms with Crippen molar-refractivity contribution in [2.75, 3.05) is 12.3 Å². The summed E-state index contributed by atoms with van der Waals surface area (Å²) in [5.74, 6) is -0.0959. The smallest absolute Gasteiger partial charge is 0.253 e. The maximum Gasteiger partial charge on any atom is 0.253 e. The maximum atomic E-state index is 13.0. The van der Waals surface area contributed by atoms with Gasteiger partial charge in [-0.2, -0.15) is 0 Å². The topological polar surface area (TPSA) is 68.3 Å². The van der Waals surface area contributed by atoms with Crippen LogP contribution in [-0.4, -0.2) is 12.5 Å². The third-order valence-electron chi connectivity index (χ3n) is 2.50. The summed E-state index contributed by atoms with van der Waals surface area (Å²) in [5, 5.41) is 2.66. The van der Waals surface area contributed by atoms with Gasteiger partial charge in [-0.1, -0.05) is 0 Å². The van der Waals surface area contributed by atoms with Crippen LogP contribution in [0.4, 0.5) is 10.1 Å². The highest BCUT2D eigenvalue weighted by Crippen LogP contribution is 2.13. The van der Waals surface area contributed by atoms with E-state index in [1.807, 2.05) is 6.07 Å². The van der Waals surface area contributed by atoms with E-state index in [9.17, 15) is 9.18 Å². The van der Waals surface area contributed by atoms with E-state index >= 15 is 0 Å². The molecule has 2 aromatic rings. The number of rotatable bonds is 4. The van der Waals surface area contributed by atoms with Crippen molar-refractivity contribution in [3.8, 4) is 0 Å². The molecule has 0 saturated heterocycles. The van der Waals surface area contributed by atoms with Crippen molar-refractivity contribution in [2.24, 2.45) is 0 Å². The number of hydrogen-bond donors (Lipinski definition) is 2. The van der Waals surface area contributed by atoms with Crippen molar-refractivity contribution in [1.29, 1.82) is 0 Å². The molecule has 0 aliphatic heterocycles. The van der Waals surface area contributed by atoms with E-state index in [0.717, 1.165) is 11.8 Å². The predicted molar refractivity (Wildman–Crippen MR) is 65.6 cm³/mol. The van der Waals surface area contributed by atoms with Crippen molar-refractivity contribution in [1.82, 2.24) is 5.32 Å². The Morgan fingerprint density at radius 2 is 2.22 bits per heavy atom. The van der Waals surface area contributed by atoms with Crippen molar-refractivity contribution < 1.29 is 13.6 Å². The highest BCUT2D eigenvalue weighted by atomic mass is 19.1. The lowest BCUT2D eigenvalue weighted by Gasteiger charge is -2.06. The summed E-state index contributed by atoms with van der Waals surface area (Å²) >= 11 is 0. The van der Waals surface area contributed by atoms with Crippen molar-refractivity contribution in [3.63, 3.8) is 0 Å². The predicted octanol–water partition coefficient (Wildman–Crippen LogP) is 1.97. The number of furan rings is 1. The quantitative estimate of drug-likeness (QED) is 0.813. The lowest BCUT2D eigenvalue weighted by Crippen LogP contribution is -2.26. The minimum absolute atomic E-state index is 0.148. The van der Waals surface area contributed by atoms with Gasteiger partial charge in [0.15, 0.2) is 0 Å². The van der Waals surface area contributed by atoms with Crippen LogP contribution in [0.5, 0.6) is 0 Å². The fourth-order valence-corrected chi connectivity index (χ4v) is 1.57. The molecular weight excluding hydrogens is 235 g/mol. The Morgan fingerprint density at radius 1 is 1.39 bits per heavy atom. The van der Waals surface area contributed by atoms with E-state index < -0.39 is 11.7 Å². The summed E-state index contributed by atoms with van der Waals surface area (Å²) in [4.78, 5) is 11.8. The number of nitrogens with two attached hydrogens (primary N) is 1. The number of hydrogen-bond acceptors (Lipinski definition) is 3. The number of nitrogens with one attached hydrogen (secondary N) is 1. The molecule has 0 radical (unpaired) electrons. The van der Waals surface area contributed by atoms with Gasteiger partial charge in [-0.05, 0) is 30.3 Å². The average Bonchev–Trinajstić information content (AvgIpc) is 2.85. The summed E-state index contributed by atoms with van der Waals surface area (Å²) in [6, 6.07) is 7.31. The van der Waals surface area contributed by atoms with Gasteiger partial charge in [-0.3, -0.25) is 4.79 Å². The second kappa shape index (κ2) is 5.35. The van der Waals surface area contributed by atoms with E-state index in [1.165, 1.54) is 12.1 Å². The minimum atomic E-state index is -0.486. The fourth-order valence-electron chi connectivity index (χ4n) is 1.57. The molecule has 5 heteroatoms. The monoisotopic (exact) mass is 248 g/mol. The molecule has 0 atom stereocenters. The minimum Gasteiger partial charge on any atom is -0.469 e. The second-order valence-electron chi connectivity index (χ2n) is 3.82. The first kappa shape index (κ1) is 12.2. The standard InChI is InChI=1S/C13H13FN2O2/c14-9-3-4-12(15)11(8-9)13(17)16-6-5-10-2-1-7-18-10/h1-4,7-8H,5-6,15H2,(H,16,17). The van der Waals surface area contributed by atoms with Gasteiger partial charge in [0.2, 0.25) is 0 Å². The molecule has 0 spiro atoms. The molecule has 1 aromatic heterocycles. The molecule has 94 valence electrons. The van der Waals surface area contributed by atoms with Crippen molar-refractivity contribution >= 4 is 11.6 Å². The maximum absolute atomic E-state index is 13.0. The van der Waals surface area contributed by atoms with Crippen LogP contribution >= 0.6 is 0 Å². The fraction of sp³-hybridized carbons (Fsp3) is 0.154. The lowest BCUT2D eigenvalue weighted by atomic mass is 10.1. The molecule has 0 fully saturated rings. The molecule has 4 nitrogen and oxygen atoms in total. The third-order valence-corrected chi connectivity index (χ3v) is 2.50. The second-order valence-corrected chi connectivity index (χ2v) is 3.82. The Morgan fingerprint density at radius 3 is 2.94 bits per heavy atom. The van der Waals surface area contributed by atoms with E-state index in [4.69, 9.17) is 10.2 Å². The van der Waals surface area contributed by atoms with Crippen LogP contribution in [0.1, 0.15) is 16.1 Å². The molecule has 0 saturated carbocycles. The summed E-state index contributed by atoms with van der Waals surface area (Å²) in [5.41, 5.74) is 6.01. The molecule has 0 bridgehead atoms. The van der Waals surface area contributed by atoms with Crippen LogP contribution in [0.3, 0.4) is 0 Å².